The van der Waals surface area contributed by atoms with E-state index in [0.717, 1.165) is 0 Å². The molecule has 0 spiro atoms. The Kier molecular flexibility index (Phi) is 4.43. The molecule has 1 aromatic heterocycles. The summed E-state index contributed by atoms with van der Waals surface area (Å²) >= 11 is 6.25. The van der Waals surface area contributed by atoms with Gasteiger partial charge in [-0.05, 0) is 44.0 Å². The predicted molar refractivity (Wildman–Crippen MR) is 79.9 cm³/mol. The third-order valence-electron chi connectivity index (χ3n) is 2.52. The summed E-state index contributed by atoms with van der Waals surface area (Å²) in [7, 11) is 1.51. The monoisotopic (exact) mass is 419 g/mol. The zero-order valence-corrected chi connectivity index (χ0v) is 13.7. The Morgan fingerprint density at radius 2 is 1.90 bits per heavy atom. The molecule has 2 N–H and O–H groups in total. The number of aromatic carboxylic acids is 1. The van der Waals surface area contributed by atoms with E-state index in [9.17, 15) is 14.0 Å². The van der Waals surface area contributed by atoms with Crippen molar-refractivity contribution in [3.63, 3.8) is 0 Å². The van der Waals surface area contributed by atoms with E-state index in [1.54, 1.807) is 0 Å². The number of benzene rings is 1. The number of nitrogens with zero attached hydrogens (tertiary/aromatic N) is 2. The van der Waals surface area contributed by atoms with Crippen LogP contribution in [0.3, 0.4) is 0 Å². The van der Waals surface area contributed by atoms with Crippen molar-refractivity contribution in [3.05, 3.63) is 44.3 Å². The van der Waals surface area contributed by atoms with E-state index in [4.69, 9.17) is 5.11 Å². The Bertz CT molecular complexity index is 722. The van der Waals surface area contributed by atoms with Gasteiger partial charge in [-0.1, -0.05) is 0 Å². The number of anilines is 1. The average Bonchev–Trinajstić information content (AvgIpc) is 2.76. The fraction of sp³-hybridized carbons (Fsp3) is 0.0833. The van der Waals surface area contributed by atoms with Crippen molar-refractivity contribution in [3.8, 4) is 0 Å². The molecule has 0 unspecified atom stereocenters. The van der Waals surface area contributed by atoms with E-state index >= 15 is 0 Å². The number of hydrogen-bond donors (Lipinski definition) is 2. The molecule has 0 saturated heterocycles. The quantitative estimate of drug-likeness (QED) is 0.799. The number of aryl methyl sites for hydroxylation is 1. The van der Waals surface area contributed by atoms with Gasteiger partial charge in [0.2, 0.25) is 0 Å². The Morgan fingerprint density at radius 3 is 2.43 bits per heavy atom. The maximum atomic E-state index is 13.2. The van der Waals surface area contributed by atoms with Crippen LogP contribution in [0.2, 0.25) is 0 Å². The molecule has 6 nitrogen and oxygen atoms in total. The molecule has 1 heterocycles. The largest absolute Gasteiger partial charge is 0.478 e. The Morgan fingerprint density at radius 1 is 1.33 bits per heavy atom. The molecule has 2 rings (SSSR count). The summed E-state index contributed by atoms with van der Waals surface area (Å²) < 4.78 is 15.0. The molecule has 0 radical (unpaired) electrons. The van der Waals surface area contributed by atoms with Crippen LogP contribution in [-0.2, 0) is 7.05 Å². The standard InChI is InChI=1S/C12H8Br2FN3O3/c1-18-4-6(12(20)21)9(17-18)11(19)16-10-7(13)2-5(15)3-8(10)14/h2-4H,1H3,(H,16,19)(H,20,21). The number of halogens is 3. The Balaban J connectivity index is 2.37. The second-order valence-corrected chi connectivity index (χ2v) is 5.78. The van der Waals surface area contributed by atoms with E-state index < -0.39 is 17.7 Å². The van der Waals surface area contributed by atoms with Crippen molar-refractivity contribution in [2.45, 2.75) is 0 Å². The van der Waals surface area contributed by atoms with Crippen molar-refractivity contribution in [1.82, 2.24) is 9.78 Å². The molecule has 0 atom stereocenters. The van der Waals surface area contributed by atoms with Crippen LogP contribution in [-0.4, -0.2) is 26.8 Å². The number of amides is 1. The van der Waals surface area contributed by atoms with Crippen LogP contribution in [0.1, 0.15) is 20.8 Å². The smallest absolute Gasteiger partial charge is 0.339 e. The lowest BCUT2D eigenvalue weighted by molar-refractivity contribution is 0.0692. The van der Waals surface area contributed by atoms with Gasteiger partial charge in [-0.25, -0.2) is 9.18 Å². The van der Waals surface area contributed by atoms with Crippen LogP contribution >= 0.6 is 31.9 Å². The van der Waals surface area contributed by atoms with Crippen LogP contribution in [0.25, 0.3) is 0 Å². The van der Waals surface area contributed by atoms with Crippen LogP contribution in [0.4, 0.5) is 10.1 Å². The van der Waals surface area contributed by atoms with Crippen molar-refractivity contribution in [1.29, 1.82) is 0 Å². The molecule has 110 valence electrons. The van der Waals surface area contributed by atoms with E-state index in [1.165, 1.54) is 30.1 Å². The number of nitrogens with one attached hydrogen (secondary N) is 1. The molecular weight excluding hydrogens is 413 g/mol. The highest BCUT2D eigenvalue weighted by molar-refractivity contribution is 9.11. The van der Waals surface area contributed by atoms with Gasteiger partial charge in [0.15, 0.2) is 5.69 Å². The van der Waals surface area contributed by atoms with Gasteiger partial charge >= 0.3 is 5.97 Å². The number of carbonyl (C=O) groups is 2. The van der Waals surface area contributed by atoms with Crippen molar-refractivity contribution in [2.24, 2.45) is 7.05 Å². The minimum atomic E-state index is -1.26. The second kappa shape index (κ2) is 5.94. The number of rotatable bonds is 3. The van der Waals surface area contributed by atoms with Gasteiger partial charge in [-0.3, -0.25) is 9.48 Å². The summed E-state index contributed by atoms with van der Waals surface area (Å²) in [6.45, 7) is 0. The molecule has 2 aromatic rings. The Hall–Kier alpha value is -1.74. The number of aromatic nitrogens is 2. The molecular formula is C12H8Br2FN3O3. The minimum absolute atomic E-state index is 0.218. The molecule has 21 heavy (non-hydrogen) atoms. The van der Waals surface area contributed by atoms with E-state index in [-0.39, 0.29) is 16.9 Å². The van der Waals surface area contributed by atoms with Gasteiger partial charge < -0.3 is 10.4 Å². The van der Waals surface area contributed by atoms with Gasteiger partial charge in [-0.2, -0.15) is 5.10 Å². The first-order valence-corrected chi connectivity index (χ1v) is 7.11. The molecule has 1 amide bonds. The lowest BCUT2D eigenvalue weighted by Crippen LogP contribution is -2.17. The van der Waals surface area contributed by atoms with Gasteiger partial charge in [0, 0.05) is 22.2 Å². The fourth-order valence-electron chi connectivity index (χ4n) is 1.65. The molecule has 0 fully saturated rings. The summed E-state index contributed by atoms with van der Waals surface area (Å²) in [4.78, 5) is 23.2. The first-order valence-electron chi connectivity index (χ1n) is 5.52. The Labute approximate surface area is 135 Å². The third-order valence-corrected chi connectivity index (χ3v) is 3.77. The molecule has 0 saturated carbocycles. The first-order chi connectivity index (χ1) is 9.79. The molecule has 1 aromatic carbocycles. The predicted octanol–water partition coefficient (Wildman–Crippen LogP) is 3.03. The molecule has 0 bridgehead atoms. The van der Waals surface area contributed by atoms with Gasteiger partial charge in [0.05, 0.1) is 5.69 Å². The fourth-order valence-corrected chi connectivity index (χ4v) is 2.98. The van der Waals surface area contributed by atoms with Crippen LogP contribution in [0.15, 0.2) is 27.3 Å². The normalized spacial score (nSPS) is 10.5. The average molecular weight is 421 g/mol. The third kappa shape index (κ3) is 3.30. The SMILES string of the molecule is Cn1cc(C(=O)O)c(C(=O)Nc2c(Br)cc(F)cc2Br)n1. The number of carboxylic acids is 1. The van der Waals surface area contributed by atoms with Crippen molar-refractivity contribution >= 4 is 49.4 Å². The van der Waals surface area contributed by atoms with E-state index in [1.807, 2.05) is 0 Å². The summed E-state index contributed by atoms with van der Waals surface area (Å²) in [5.74, 6) is -2.46. The van der Waals surface area contributed by atoms with Gasteiger partial charge in [0.1, 0.15) is 11.4 Å². The van der Waals surface area contributed by atoms with Crippen LogP contribution in [0, 0.1) is 5.82 Å². The zero-order chi connectivity index (χ0) is 15.7. The maximum absolute atomic E-state index is 13.2. The topological polar surface area (TPSA) is 84.2 Å². The lowest BCUT2D eigenvalue weighted by atomic mass is 10.2. The second-order valence-electron chi connectivity index (χ2n) is 4.07. The van der Waals surface area contributed by atoms with Crippen molar-refractivity contribution in [2.75, 3.05) is 5.32 Å². The highest BCUT2D eigenvalue weighted by atomic mass is 79.9. The first kappa shape index (κ1) is 15.6. The molecule has 0 aliphatic heterocycles. The molecule has 9 heteroatoms. The highest BCUT2D eigenvalue weighted by Crippen LogP contribution is 2.32. The summed E-state index contributed by atoms with van der Waals surface area (Å²) in [5, 5.41) is 15.4. The summed E-state index contributed by atoms with van der Waals surface area (Å²) in [6.07, 6.45) is 1.23. The summed E-state index contributed by atoms with van der Waals surface area (Å²) in [5.41, 5.74) is -0.166. The van der Waals surface area contributed by atoms with Crippen molar-refractivity contribution < 1.29 is 19.1 Å². The minimum Gasteiger partial charge on any atom is -0.478 e. The number of carbonyl (C=O) groups excluding carboxylic acids is 1. The summed E-state index contributed by atoms with van der Waals surface area (Å²) in [6, 6.07) is 2.35. The van der Waals surface area contributed by atoms with E-state index in [0.29, 0.717) is 8.95 Å². The zero-order valence-electron chi connectivity index (χ0n) is 10.5. The number of carboxylic acid groups (broad SMARTS) is 1. The van der Waals surface area contributed by atoms with Crippen LogP contribution in [0.5, 0.6) is 0 Å². The maximum Gasteiger partial charge on any atom is 0.339 e. The van der Waals surface area contributed by atoms with Gasteiger partial charge in [0.25, 0.3) is 5.91 Å². The van der Waals surface area contributed by atoms with Gasteiger partial charge in [-0.15, -0.1) is 0 Å². The molecule has 0 aliphatic rings. The number of hydrogen-bond acceptors (Lipinski definition) is 3. The molecule has 0 aliphatic carbocycles. The lowest BCUT2D eigenvalue weighted by Gasteiger charge is -2.09. The van der Waals surface area contributed by atoms with Crippen LogP contribution < -0.4 is 5.32 Å². The van der Waals surface area contributed by atoms with E-state index in [2.05, 4.69) is 42.3 Å². The highest BCUT2D eigenvalue weighted by Gasteiger charge is 2.22.